The molecule has 0 heterocycles. The van der Waals surface area contributed by atoms with E-state index in [1.54, 1.807) is 30.1 Å². The van der Waals surface area contributed by atoms with Crippen molar-refractivity contribution in [2.24, 2.45) is 5.73 Å². The number of para-hydroxylation sites is 1. The van der Waals surface area contributed by atoms with Crippen LogP contribution < -0.4 is 16.4 Å². The van der Waals surface area contributed by atoms with Gasteiger partial charge in [-0.25, -0.2) is 0 Å². The third-order valence-corrected chi connectivity index (χ3v) is 3.06. The van der Waals surface area contributed by atoms with Gasteiger partial charge in [0.1, 0.15) is 0 Å². The summed E-state index contributed by atoms with van der Waals surface area (Å²) >= 11 is 0. The number of nitrogens with two attached hydrogens (primary N) is 2. The predicted octanol–water partition coefficient (Wildman–Crippen LogP) is 2.00. The predicted molar refractivity (Wildman–Crippen MR) is 77.9 cm³/mol. The van der Waals surface area contributed by atoms with E-state index in [0.717, 1.165) is 11.3 Å². The fraction of sp³-hybridized carbons (Fsp3) is 0.133. The molecule has 0 unspecified atom stereocenters. The Morgan fingerprint density at radius 2 is 1.74 bits per heavy atom. The minimum absolute atomic E-state index is 0.126. The Labute approximate surface area is 112 Å². The van der Waals surface area contributed by atoms with E-state index in [9.17, 15) is 4.79 Å². The van der Waals surface area contributed by atoms with Gasteiger partial charge in [0.15, 0.2) is 0 Å². The van der Waals surface area contributed by atoms with Crippen molar-refractivity contribution in [3.05, 3.63) is 59.7 Å². The van der Waals surface area contributed by atoms with Crippen LogP contribution in [-0.2, 0) is 6.54 Å². The first-order chi connectivity index (χ1) is 9.13. The number of carbonyl (C=O) groups excluding carboxylic acids is 1. The van der Waals surface area contributed by atoms with Crippen LogP contribution in [0.4, 0.5) is 11.4 Å². The molecular formula is C15H17N3O. The van der Waals surface area contributed by atoms with Gasteiger partial charge in [-0.3, -0.25) is 4.79 Å². The summed E-state index contributed by atoms with van der Waals surface area (Å²) in [5, 5.41) is 0. The monoisotopic (exact) mass is 255 g/mol. The Morgan fingerprint density at radius 1 is 1.11 bits per heavy atom. The fourth-order valence-corrected chi connectivity index (χ4v) is 1.85. The zero-order chi connectivity index (χ0) is 13.8. The lowest BCUT2D eigenvalue weighted by Crippen LogP contribution is -2.27. The molecule has 19 heavy (non-hydrogen) atoms. The maximum absolute atomic E-state index is 12.3. The standard InChI is InChI=1S/C15H17N3O/c1-18(12-8-6-11(10-16)7-9-12)15(19)13-4-2-3-5-14(13)17/h2-9H,10,16-17H2,1H3. The molecule has 2 aromatic carbocycles. The smallest absolute Gasteiger partial charge is 0.260 e. The topological polar surface area (TPSA) is 72.3 Å². The first kappa shape index (κ1) is 13.1. The summed E-state index contributed by atoms with van der Waals surface area (Å²) in [5.74, 6) is -0.126. The summed E-state index contributed by atoms with van der Waals surface area (Å²) in [6, 6.07) is 14.6. The number of carbonyl (C=O) groups is 1. The number of amides is 1. The number of rotatable bonds is 3. The highest BCUT2D eigenvalue weighted by molar-refractivity contribution is 6.08. The minimum atomic E-state index is -0.126. The highest BCUT2D eigenvalue weighted by Gasteiger charge is 2.15. The molecule has 0 aliphatic rings. The van der Waals surface area contributed by atoms with Crippen LogP contribution in [0.2, 0.25) is 0 Å². The van der Waals surface area contributed by atoms with Crippen LogP contribution in [0.1, 0.15) is 15.9 Å². The molecule has 0 saturated heterocycles. The number of benzene rings is 2. The van der Waals surface area contributed by atoms with Crippen molar-refractivity contribution < 1.29 is 4.79 Å². The highest BCUT2D eigenvalue weighted by Crippen LogP contribution is 2.19. The molecule has 0 atom stereocenters. The molecule has 0 saturated carbocycles. The second-order valence-corrected chi connectivity index (χ2v) is 4.32. The number of nitrogens with zero attached hydrogens (tertiary/aromatic N) is 1. The molecule has 4 N–H and O–H groups in total. The summed E-state index contributed by atoms with van der Waals surface area (Å²) in [6.45, 7) is 0.490. The second-order valence-electron chi connectivity index (χ2n) is 4.32. The van der Waals surface area contributed by atoms with Crippen molar-refractivity contribution in [3.8, 4) is 0 Å². The van der Waals surface area contributed by atoms with E-state index in [0.29, 0.717) is 17.8 Å². The third-order valence-electron chi connectivity index (χ3n) is 3.06. The zero-order valence-corrected chi connectivity index (χ0v) is 10.8. The van der Waals surface area contributed by atoms with Crippen molar-refractivity contribution in [2.45, 2.75) is 6.54 Å². The second kappa shape index (κ2) is 5.54. The van der Waals surface area contributed by atoms with Crippen molar-refractivity contribution in [3.63, 3.8) is 0 Å². The van der Waals surface area contributed by atoms with Gasteiger partial charge >= 0.3 is 0 Å². The van der Waals surface area contributed by atoms with Crippen molar-refractivity contribution in [2.75, 3.05) is 17.7 Å². The number of hydrogen-bond donors (Lipinski definition) is 2. The van der Waals surface area contributed by atoms with Gasteiger partial charge in [0, 0.05) is 25.0 Å². The maximum atomic E-state index is 12.3. The average Bonchev–Trinajstić information content (AvgIpc) is 2.46. The van der Waals surface area contributed by atoms with Gasteiger partial charge in [-0.05, 0) is 29.8 Å². The average molecular weight is 255 g/mol. The molecule has 98 valence electrons. The summed E-state index contributed by atoms with van der Waals surface area (Å²) in [7, 11) is 1.73. The molecule has 4 heteroatoms. The number of hydrogen-bond acceptors (Lipinski definition) is 3. The number of nitrogen functional groups attached to an aromatic ring is 1. The van der Waals surface area contributed by atoms with Gasteiger partial charge < -0.3 is 16.4 Å². The van der Waals surface area contributed by atoms with Gasteiger partial charge in [-0.2, -0.15) is 0 Å². The molecule has 2 aromatic rings. The molecule has 0 spiro atoms. The third kappa shape index (κ3) is 2.74. The van der Waals surface area contributed by atoms with Crippen molar-refractivity contribution >= 4 is 17.3 Å². The Bertz CT molecular complexity index is 578. The number of anilines is 2. The zero-order valence-electron chi connectivity index (χ0n) is 10.8. The Kier molecular flexibility index (Phi) is 3.82. The molecule has 4 nitrogen and oxygen atoms in total. The van der Waals surface area contributed by atoms with E-state index in [4.69, 9.17) is 11.5 Å². The molecular weight excluding hydrogens is 238 g/mol. The van der Waals surface area contributed by atoms with Crippen molar-refractivity contribution in [1.82, 2.24) is 0 Å². The van der Waals surface area contributed by atoms with Gasteiger partial charge in [0.2, 0.25) is 0 Å². The molecule has 1 amide bonds. The Balaban J connectivity index is 2.26. The van der Waals surface area contributed by atoms with Gasteiger partial charge in [0.05, 0.1) is 5.56 Å². The summed E-state index contributed by atoms with van der Waals surface area (Å²) in [5.41, 5.74) is 14.2. The van der Waals surface area contributed by atoms with E-state index in [1.807, 2.05) is 30.3 Å². The SMILES string of the molecule is CN(C(=O)c1ccccc1N)c1ccc(CN)cc1. The van der Waals surface area contributed by atoms with Gasteiger partial charge in [-0.1, -0.05) is 24.3 Å². The molecule has 0 aliphatic carbocycles. The molecule has 0 aliphatic heterocycles. The van der Waals surface area contributed by atoms with E-state index < -0.39 is 0 Å². The largest absolute Gasteiger partial charge is 0.398 e. The normalized spacial score (nSPS) is 10.2. The maximum Gasteiger partial charge on any atom is 0.260 e. The summed E-state index contributed by atoms with van der Waals surface area (Å²) in [6.07, 6.45) is 0. The van der Waals surface area contributed by atoms with Crippen LogP contribution in [0.5, 0.6) is 0 Å². The van der Waals surface area contributed by atoms with E-state index in [1.165, 1.54) is 0 Å². The highest BCUT2D eigenvalue weighted by atomic mass is 16.2. The Hall–Kier alpha value is -2.33. The molecule has 2 rings (SSSR count). The van der Waals surface area contributed by atoms with E-state index in [-0.39, 0.29) is 5.91 Å². The summed E-state index contributed by atoms with van der Waals surface area (Å²) in [4.78, 5) is 13.9. The van der Waals surface area contributed by atoms with Gasteiger partial charge in [0.25, 0.3) is 5.91 Å². The van der Waals surface area contributed by atoms with Crippen LogP contribution in [0.15, 0.2) is 48.5 Å². The quantitative estimate of drug-likeness (QED) is 0.824. The minimum Gasteiger partial charge on any atom is -0.398 e. The van der Waals surface area contributed by atoms with Crippen LogP contribution in [-0.4, -0.2) is 13.0 Å². The van der Waals surface area contributed by atoms with Crippen LogP contribution in [0.3, 0.4) is 0 Å². The molecule has 0 aromatic heterocycles. The van der Waals surface area contributed by atoms with Crippen molar-refractivity contribution in [1.29, 1.82) is 0 Å². The summed E-state index contributed by atoms with van der Waals surface area (Å²) < 4.78 is 0. The lowest BCUT2D eigenvalue weighted by Gasteiger charge is -2.18. The molecule has 0 bridgehead atoms. The molecule has 0 radical (unpaired) electrons. The van der Waals surface area contributed by atoms with Crippen LogP contribution in [0, 0.1) is 0 Å². The van der Waals surface area contributed by atoms with Gasteiger partial charge in [-0.15, -0.1) is 0 Å². The first-order valence-electron chi connectivity index (χ1n) is 6.05. The van der Waals surface area contributed by atoms with E-state index >= 15 is 0 Å². The first-order valence-corrected chi connectivity index (χ1v) is 6.05. The fourth-order valence-electron chi connectivity index (χ4n) is 1.85. The lowest BCUT2D eigenvalue weighted by atomic mass is 10.1. The van der Waals surface area contributed by atoms with Crippen LogP contribution >= 0.6 is 0 Å². The van der Waals surface area contributed by atoms with Crippen LogP contribution in [0.25, 0.3) is 0 Å². The Morgan fingerprint density at radius 3 is 2.32 bits per heavy atom. The van der Waals surface area contributed by atoms with E-state index in [2.05, 4.69) is 0 Å². The lowest BCUT2D eigenvalue weighted by molar-refractivity contribution is 0.0994. The molecule has 0 fully saturated rings.